The zero-order valence-electron chi connectivity index (χ0n) is 5.82. The van der Waals surface area contributed by atoms with Crippen LogP contribution in [0.4, 0.5) is 5.82 Å². The van der Waals surface area contributed by atoms with Crippen LogP contribution in [0.25, 0.3) is 10.6 Å². The van der Waals surface area contributed by atoms with E-state index in [1.165, 1.54) is 11.3 Å². The summed E-state index contributed by atoms with van der Waals surface area (Å²) >= 11 is 8.32. The summed E-state index contributed by atoms with van der Waals surface area (Å²) in [5, 5.41) is 0. The number of hydrogen-bond donors (Lipinski definition) is 1. The van der Waals surface area contributed by atoms with Gasteiger partial charge in [0.1, 0.15) is 5.69 Å². The van der Waals surface area contributed by atoms with Crippen molar-refractivity contribution in [3.05, 3.63) is 16.5 Å². The highest BCUT2D eigenvalue weighted by molar-refractivity contribution is 7.19. The molecule has 62 valence electrons. The van der Waals surface area contributed by atoms with Gasteiger partial charge < -0.3 is 5.73 Å². The van der Waals surface area contributed by atoms with Crippen LogP contribution < -0.4 is 5.73 Å². The number of rotatable bonds is 1. The van der Waals surface area contributed by atoms with Crippen molar-refractivity contribution in [2.24, 2.45) is 0 Å². The Morgan fingerprint density at radius 1 is 1.33 bits per heavy atom. The number of anilines is 1. The molecule has 0 saturated carbocycles. The smallest absolute Gasteiger partial charge is 0.166 e. The summed E-state index contributed by atoms with van der Waals surface area (Å²) in [6, 6.07) is 3.71. The molecule has 0 atom stereocenters. The summed E-state index contributed by atoms with van der Waals surface area (Å²) in [5.74, 6) is 0.471. The van der Waals surface area contributed by atoms with Gasteiger partial charge in [-0.3, -0.25) is 0 Å². The Morgan fingerprint density at radius 3 is 2.67 bits per heavy atom. The number of hydrogen-bond acceptors (Lipinski definition) is 5. The van der Waals surface area contributed by atoms with E-state index in [1.807, 2.05) is 12.1 Å². The molecule has 0 amide bonds. The second kappa shape index (κ2) is 3.01. The first-order valence-electron chi connectivity index (χ1n) is 3.11. The van der Waals surface area contributed by atoms with Crippen LogP contribution in [0.2, 0.25) is 4.34 Å². The normalized spacial score (nSPS) is 10.4. The van der Waals surface area contributed by atoms with Crippen LogP contribution in [0, 0.1) is 0 Å². The van der Waals surface area contributed by atoms with Crippen LogP contribution in [0.15, 0.2) is 12.1 Å². The van der Waals surface area contributed by atoms with Crippen LogP contribution in [-0.2, 0) is 0 Å². The zero-order valence-corrected chi connectivity index (χ0v) is 8.21. The molecule has 0 saturated heterocycles. The van der Waals surface area contributed by atoms with Crippen LogP contribution in [0.3, 0.4) is 0 Å². The van der Waals surface area contributed by atoms with E-state index >= 15 is 0 Å². The van der Waals surface area contributed by atoms with Gasteiger partial charge in [0.25, 0.3) is 0 Å². The molecule has 3 nitrogen and oxygen atoms in total. The Morgan fingerprint density at radius 2 is 2.17 bits per heavy atom. The summed E-state index contributed by atoms with van der Waals surface area (Å²) in [5.41, 5.74) is 6.32. The van der Waals surface area contributed by atoms with Gasteiger partial charge in [-0.1, -0.05) is 11.6 Å². The van der Waals surface area contributed by atoms with Gasteiger partial charge in [0, 0.05) is 0 Å². The van der Waals surface area contributed by atoms with Crippen molar-refractivity contribution in [3.8, 4) is 10.6 Å². The van der Waals surface area contributed by atoms with Crippen molar-refractivity contribution in [2.75, 3.05) is 5.73 Å². The first-order chi connectivity index (χ1) is 5.77. The third-order valence-electron chi connectivity index (χ3n) is 1.32. The van der Waals surface area contributed by atoms with Crippen molar-refractivity contribution >= 4 is 40.5 Å². The molecular formula is C6H4ClN3S2. The molecule has 0 aliphatic rings. The molecule has 0 radical (unpaired) electrons. The lowest BCUT2D eigenvalue weighted by Gasteiger charge is -1.88. The van der Waals surface area contributed by atoms with E-state index in [1.54, 1.807) is 0 Å². The van der Waals surface area contributed by atoms with E-state index in [4.69, 9.17) is 17.3 Å². The number of aromatic nitrogens is 2. The van der Waals surface area contributed by atoms with E-state index in [9.17, 15) is 0 Å². The molecule has 2 aromatic rings. The van der Waals surface area contributed by atoms with Gasteiger partial charge in [0.2, 0.25) is 0 Å². The lowest BCUT2D eigenvalue weighted by molar-refractivity contribution is 1.52. The number of nitrogen functional groups attached to an aromatic ring is 1. The number of halogens is 1. The maximum absolute atomic E-state index is 5.76. The second-order valence-electron chi connectivity index (χ2n) is 2.10. The molecule has 2 rings (SSSR count). The highest BCUT2D eigenvalue weighted by Gasteiger charge is 2.08. The number of nitrogens with two attached hydrogens (primary N) is 1. The summed E-state index contributed by atoms with van der Waals surface area (Å²) in [7, 11) is 0. The van der Waals surface area contributed by atoms with Gasteiger partial charge >= 0.3 is 0 Å². The highest BCUT2D eigenvalue weighted by Crippen LogP contribution is 2.32. The summed E-state index contributed by atoms with van der Waals surface area (Å²) in [6.45, 7) is 0. The molecule has 0 aromatic carbocycles. The largest absolute Gasteiger partial charge is 0.381 e. The van der Waals surface area contributed by atoms with Crippen molar-refractivity contribution in [1.82, 2.24) is 8.75 Å². The molecule has 12 heavy (non-hydrogen) atoms. The van der Waals surface area contributed by atoms with Crippen molar-refractivity contribution < 1.29 is 0 Å². The summed E-state index contributed by atoms with van der Waals surface area (Å²) in [4.78, 5) is 0.964. The lowest BCUT2D eigenvalue weighted by Crippen LogP contribution is -1.85. The van der Waals surface area contributed by atoms with E-state index in [0.717, 1.165) is 26.6 Å². The Labute approximate surface area is 82.1 Å². The van der Waals surface area contributed by atoms with Gasteiger partial charge in [-0.2, -0.15) is 8.75 Å². The molecule has 2 heterocycles. The minimum atomic E-state index is 0.471. The summed E-state index contributed by atoms with van der Waals surface area (Å²) in [6.07, 6.45) is 0. The lowest BCUT2D eigenvalue weighted by atomic mass is 10.3. The quantitative estimate of drug-likeness (QED) is 0.799. The van der Waals surface area contributed by atoms with Gasteiger partial charge in [0.15, 0.2) is 5.82 Å². The van der Waals surface area contributed by atoms with Gasteiger partial charge in [-0.15, -0.1) is 11.3 Å². The SMILES string of the molecule is Nc1nsnc1-c1ccc(Cl)s1. The molecular weight excluding hydrogens is 214 g/mol. The minimum Gasteiger partial charge on any atom is -0.381 e. The molecule has 0 bridgehead atoms. The van der Waals surface area contributed by atoms with Gasteiger partial charge in [0.05, 0.1) is 20.9 Å². The number of nitrogens with zero attached hydrogens (tertiary/aromatic N) is 2. The fourth-order valence-corrected chi connectivity index (χ4v) is 2.40. The average Bonchev–Trinajstić information content (AvgIpc) is 2.58. The fourth-order valence-electron chi connectivity index (χ4n) is 0.808. The van der Waals surface area contributed by atoms with Gasteiger partial charge in [-0.25, -0.2) is 0 Å². The maximum atomic E-state index is 5.76. The predicted molar refractivity (Wildman–Crippen MR) is 52.6 cm³/mol. The second-order valence-corrected chi connectivity index (χ2v) is 4.35. The third-order valence-corrected chi connectivity index (χ3v) is 3.10. The minimum absolute atomic E-state index is 0.471. The fraction of sp³-hybridized carbons (Fsp3) is 0. The summed E-state index contributed by atoms with van der Waals surface area (Å²) < 4.78 is 8.66. The van der Waals surface area contributed by atoms with Crippen molar-refractivity contribution in [2.45, 2.75) is 0 Å². The highest BCUT2D eigenvalue weighted by atomic mass is 35.5. The van der Waals surface area contributed by atoms with Crippen LogP contribution in [0.1, 0.15) is 0 Å². The molecule has 0 aliphatic heterocycles. The van der Waals surface area contributed by atoms with E-state index in [0.29, 0.717) is 5.82 Å². The number of thiophene rings is 1. The molecule has 2 aromatic heterocycles. The van der Waals surface area contributed by atoms with E-state index in [-0.39, 0.29) is 0 Å². The Hall–Kier alpha value is -0.650. The monoisotopic (exact) mass is 217 g/mol. The molecule has 2 N–H and O–H groups in total. The molecule has 0 fully saturated rings. The molecule has 6 heteroatoms. The van der Waals surface area contributed by atoms with Crippen molar-refractivity contribution in [3.63, 3.8) is 0 Å². The molecule has 0 aliphatic carbocycles. The maximum Gasteiger partial charge on any atom is 0.166 e. The Kier molecular flexibility index (Phi) is 2.00. The average molecular weight is 218 g/mol. The predicted octanol–water partition coefficient (Wildman–Crippen LogP) is 2.50. The first kappa shape index (κ1) is 7.97. The Balaban J connectivity index is 2.50. The topological polar surface area (TPSA) is 51.8 Å². The van der Waals surface area contributed by atoms with Gasteiger partial charge in [-0.05, 0) is 12.1 Å². The third kappa shape index (κ3) is 1.31. The van der Waals surface area contributed by atoms with Crippen molar-refractivity contribution in [1.29, 1.82) is 0 Å². The van der Waals surface area contributed by atoms with Crippen LogP contribution in [0.5, 0.6) is 0 Å². The van der Waals surface area contributed by atoms with E-state index in [2.05, 4.69) is 8.75 Å². The Bertz CT molecular complexity index is 395. The van der Waals surface area contributed by atoms with Crippen LogP contribution >= 0.6 is 34.7 Å². The van der Waals surface area contributed by atoms with Crippen LogP contribution in [-0.4, -0.2) is 8.75 Å². The first-order valence-corrected chi connectivity index (χ1v) is 5.03. The molecule has 0 spiro atoms. The van der Waals surface area contributed by atoms with E-state index < -0.39 is 0 Å². The molecule has 0 unspecified atom stereocenters. The zero-order chi connectivity index (χ0) is 8.55. The standard InChI is InChI=1S/C6H4ClN3S2/c7-4-2-1-3(11-4)5-6(8)10-12-9-5/h1-2H,(H2,8,10).